The van der Waals surface area contributed by atoms with Gasteiger partial charge >= 0.3 is 0 Å². The van der Waals surface area contributed by atoms with Crippen LogP contribution in [0.15, 0.2) is 16.7 Å². The van der Waals surface area contributed by atoms with E-state index in [0.29, 0.717) is 24.2 Å². The Bertz CT molecular complexity index is 535. The lowest BCUT2D eigenvalue weighted by Gasteiger charge is -2.18. The number of amides is 2. The van der Waals surface area contributed by atoms with Crippen LogP contribution in [-0.2, 0) is 4.79 Å². The molecule has 1 fully saturated rings. The third-order valence-corrected chi connectivity index (χ3v) is 3.84. The zero-order valence-corrected chi connectivity index (χ0v) is 14.3. The molecule has 2 amide bonds. The fourth-order valence-electron chi connectivity index (χ4n) is 2.13. The molecular weight excluding hydrogens is 334 g/mol. The first kappa shape index (κ1) is 16.1. The molecule has 2 rings (SSSR count). The Morgan fingerprint density at radius 1 is 1.48 bits per heavy atom. The SMILES string of the molecule is CC(C)CNC(=O)CN(C)C(=O)c1cc(Br)cn1C1CC1. The normalized spacial score (nSPS) is 14.3. The Labute approximate surface area is 133 Å². The van der Waals surface area contributed by atoms with Gasteiger partial charge in [0.05, 0.1) is 6.54 Å². The minimum atomic E-state index is -0.122. The van der Waals surface area contributed by atoms with Crippen LogP contribution in [-0.4, -0.2) is 41.4 Å². The van der Waals surface area contributed by atoms with Crippen LogP contribution in [0.1, 0.15) is 43.2 Å². The number of hydrogen-bond acceptors (Lipinski definition) is 2. The zero-order chi connectivity index (χ0) is 15.6. The number of aromatic nitrogens is 1. The molecule has 0 saturated heterocycles. The molecule has 21 heavy (non-hydrogen) atoms. The Hall–Kier alpha value is -1.30. The first-order valence-corrected chi connectivity index (χ1v) is 8.07. The van der Waals surface area contributed by atoms with Crippen molar-refractivity contribution in [3.8, 4) is 0 Å². The van der Waals surface area contributed by atoms with Gasteiger partial charge in [-0.2, -0.15) is 0 Å². The molecule has 1 aliphatic carbocycles. The number of carbonyl (C=O) groups is 2. The van der Waals surface area contributed by atoms with Crippen LogP contribution in [0.3, 0.4) is 0 Å². The lowest BCUT2D eigenvalue weighted by atomic mass is 10.2. The lowest BCUT2D eigenvalue weighted by Crippen LogP contribution is -2.40. The summed E-state index contributed by atoms with van der Waals surface area (Å²) < 4.78 is 2.91. The van der Waals surface area contributed by atoms with E-state index >= 15 is 0 Å². The van der Waals surface area contributed by atoms with Crippen molar-refractivity contribution in [3.05, 3.63) is 22.4 Å². The Balaban J connectivity index is 1.97. The molecule has 0 bridgehead atoms. The van der Waals surface area contributed by atoms with Gasteiger partial charge in [0, 0.05) is 30.3 Å². The van der Waals surface area contributed by atoms with Crippen molar-refractivity contribution in [2.24, 2.45) is 5.92 Å². The second-order valence-electron chi connectivity index (χ2n) is 6.04. The van der Waals surface area contributed by atoms with Gasteiger partial charge in [0.15, 0.2) is 0 Å². The summed E-state index contributed by atoms with van der Waals surface area (Å²) in [7, 11) is 1.66. The lowest BCUT2D eigenvalue weighted by molar-refractivity contribution is -0.121. The van der Waals surface area contributed by atoms with Gasteiger partial charge in [0.2, 0.25) is 5.91 Å². The summed E-state index contributed by atoms with van der Waals surface area (Å²) in [6.45, 7) is 4.79. The van der Waals surface area contributed by atoms with Gasteiger partial charge in [-0.3, -0.25) is 9.59 Å². The van der Waals surface area contributed by atoms with Crippen LogP contribution >= 0.6 is 15.9 Å². The number of carbonyl (C=O) groups excluding carboxylic acids is 2. The molecule has 116 valence electrons. The molecule has 0 atom stereocenters. The standard InChI is InChI=1S/C15H22BrN3O2/c1-10(2)7-17-14(20)9-18(3)15(21)13-6-11(16)8-19(13)12-4-5-12/h6,8,10,12H,4-5,7,9H2,1-3H3,(H,17,20). The smallest absolute Gasteiger partial charge is 0.270 e. The van der Waals surface area contributed by atoms with Crippen LogP contribution in [0.25, 0.3) is 0 Å². The van der Waals surface area contributed by atoms with Crippen LogP contribution in [0, 0.1) is 5.92 Å². The Kier molecular flexibility index (Phi) is 5.08. The molecule has 0 spiro atoms. The number of hydrogen-bond donors (Lipinski definition) is 1. The highest BCUT2D eigenvalue weighted by Crippen LogP contribution is 2.37. The summed E-state index contributed by atoms with van der Waals surface area (Å²) in [5.74, 6) is 0.161. The maximum Gasteiger partial charge on any atom is 0.270 e. The van der Waals surface area contributed by atoms with Gasteiger partial charge in [-0.15, -0.1) is 0 Å². The van der Waals surface area contributed by atoms with Crippen molar-refractivity contribution in [2.45, 2.75) is 32.7 Å². The number of rotatable bonds is 6. The molecule has 1 N–H and O–H groups in total. The van der Waals surface area contributed by atoms with Crippen molar-refractivity contribution in [1.29, 1.82) is 0 Å². The predicted molar refractivity (Wildman–Crippen MR) is 85.2 cm³/mol. The molecule has 5 nitrogen and oxygen atoms in total. The molecule has 1 aliphatic rings. The zero-order valence-electron chi connectivity index (χ0n) is 12.7. The van der Waals surface area contributed by atoms with Crippen LogP contribution in [0.2, 0.25) is 0 Å². The molecule has 0 aromatic carbocycles. The van der Waals surface area contributed by atoms with E-state index in [-0.39, 0.29) is 18.4 Å². The van der Waals surface area contributed by atoms with Crippen molar-refractivity contribution in [2.75, 3.05) is 20.1 Å². The molecule has 1 aromatic heterocycles. The van der Waals surface area contributed by atoms with Crippen molar-refractivity contribution in [1.82, 2.24) is 14.8 Å². The average Bonchev–Trinajstić information content (AvgIpc) is 3.18. The topological polar surface area (TPSA) is 54.3 Å². The monoisotopic (exact) mass is 355 g/mol. The van der Waals surface area contributed by atoms with Crippen molar-refractivity contribution >= 4 is 27.7 Å². The second-order valence-corrected chi connectivity index (χ2v) is 6.96. The van der Waals surface area contributed by atoms with Gasteiger partial charge in [0.25, 0.3) is 5.91 Å². The van der Waals surface area contributed by atoms with E-state index in [4.69, 9.17) is 0 Å². The number of likely N-dealkylation sites (N-methyl/N-ethyl adjacent to an activating group) is 1. The minimum absolute atomic E-state index is 0.0824. The summed E-state index contributed by atoms with van der Waals surface area (Å²) in [5, 5.41) is 2.83. The molecule has 1 heterocycles. The van der Waals surface area contributed by atoms with E-state index in [1.165, 1.54) is 4.90 Å². The number of nitrogens with zero attached hydrogens (tertiary/aromatic N) is 2. The maximum absolute atomic E-state index is 12.5. The fourth-order valence-corrected chi connectivity index (χ4v) is 2.57. The summed E-state index contributed by atoms with van der Waals surface area (Å²) in [4.78, 5) is 25.8. The maximum atomic E-state index is 12.5. The van der Waals surface area contributed by atoms with Gasteiger partial charge in [-0.1, -0.05) is 13.8 Å². The first-order valence-electron chi connectivity index (χ1n) is 7.28. The van der Waals surface area contributed by atoms with E-state index < -0.39 is 0 Å². The van der Waals surface area contributed by atoms with E-state index in [9.17, 15) is 9.59 Å². The summed E-state index contributed by atoms with van der Waals surface area (Å²) >= 11 is 3.42. The van der Waals surface area contributed by atoms with Gasteiger partial charge in [-0.25, -0.2) is 0 Å². The molecule has 0 radical (unpaired) electrons. The van der Waals surface area contributed by atoms with E-state index in [0.717, 1.165) is 17.3 Å². The number of halogens is 1. The second kappa shape index (κ2) is 6.64. The van der Waals surface area contributed by atoms with Crippen LogP contribution < -0.4 is 5.32 Å². The first-order chi connectivity index (χ1) is 9.88. The van der Waals surface area contributed by atoms with Gasteiger partial charge in [0.1, 0.15) is 5.69 Å². The molecule has 0 unspecified atom stereocenters. The molecule has 0 aliphatic heterocycles. The van der Waals surface area contributed by atoms with Crippen molar-refractivity contribution < 1.29 is 9.59 Å². The molecule has 6 heteroatoms. The van der Waals surface area contributed by atoms with Gasteiger partial charge < -0.3 is 14.8 Å². The van der Waals surface area contributed by atoms with Crippen LogP contribution in [0.4, 0.5) is 0 Å². The van der Waals surface area contributed by atoms with Crippen molar-refractivity contribution in [3.63, 3.8) is 0 Å². The van der Waals surface area contributed by atoms with Crippen LogP contribution in [0.5, 0.6) is 0 Å². The van der Waals surface area contributed by atoms with E-state index in [2.05, 4.69) is 21.2 Å². The minimum Gasteiger partial charge on any atom is -0.354 e. The predicted octanol–water partition coefficient (Wildman–Crippen LogP) is 2.43. The largest absolute Gasteiger partial charge is 0.354 e. The highest BCUT2D eigenvalue weighted by Gasteiger charge is 2.29. The van der Waals surface area contributed by atoms with E-state index in [1.807, 2.05) is 30.7 Å². The molecule has 1 saturated carbocycles. The summed E-state index contributed by atoms with van der Waals surface area (Å²) in [5.41, 5.74) is 0.642. The third kappa shape index (κ3) is 4.33. The average molecular weight is 356 g/mol. The van der Waals surface area contributed by atoms with Gasteiger partial charge in [-0.05, 0) is 40.8 Å². The Morgan fingerprint density at radius 2 is 2.14 bits per heavy atom. The highest BCUT2D eigenvalue weighted by molar-refractivity contribution is 9.10. The fraction of sp³-hybridized carbons (Fsp3) is 0.600. The highest BCUT2D eigenvalue weighted by atomic mass is 79.9. The quantitative estimate of drug-likeness (QED) is 0.851. The summed E-state index contributed by atoms with van der Waals surface area (Å²) in [6, 6.07) is 2.25. The Morgan fingerprint density at radius 3 is 2.71 bits per heavy atom. The van der Waals surface area contributed by atoms with E-state index in [1.54, 1.807) is 7.05 Å². The summed E-state index contributed by atoms with van der Waals surface area (Å²) in [6.07, 6.45) is 4.16. The number of nitrogens with one attached hydrogen (secondary N) is 1. The molecule has 1 aromatic rings. The molecular formula is C15H22BrN3O2. The third-order valence-electron chi connectivity index (χ3n) is 3.41.